The van der Waals surface area contributed by atoms with E-state index in [-0.39, 0.29) is 5.92 Å². The lowest BCUT2D eigenvalue weighted by atomic mass is 9.90. The number of ether oxygens (including phenoxy) is 1. The molecule has 1 aliphatic rings. The predicted octanol–water partition coefficient (Wildman–Crippen LogP) is 1.31. The molecule has 0 saturated carbocycles. The predicted molar refractivity (Wildman–Crippen MR) is 64.6 cm³/mol. The molecule has 1 aromatic heterocycles. The van der Waals surface area contributed by atoms with Crippen molar-refractivity contribution in [1.29, 1.82) is 0 Å². The Morgan fingerprint density at radius 2 is 2.29 bits per heavy atom. The lowest BCUT2D eigenvalue weighted by molar-refractivity contribution is 0.0837. The number of aromatic nitrogens is 2. The molecule has 0 aromatic carbocycles. The molecule has 0 aliphatic carbocycles. The van der Waals surface area contributed by atoms with Gasteiger partial charge in [-0.15, -0.1) is 0 Å². The zero-order valence-electron chi connectivity index (χ0n) is 10.6. The maximum atomic E-state index is 5.40. The van der Waals surface area contributed by atoms with E-state index in [4.69, 9.17) is 15.5 Å². The molecule has 1 saturated heterocycles. The van der Waals surface area contributed by atoms with Crippen LogP contribution < -0.4 is 5.90 Å². The molecule has 5 heteroatoms. The monoisotopic (exact) mass is 239 g/mol. The van der Waals surface area contributed by atoms with Gasteiger partial charge in [-0.2, -0.15) is 5.10 Å². The molecule has 0 spiro atoms. The Kier molecular flexibility index (Phi) is 4.15. The number of rotatable bonds is 4. The molecule has 5 nitrogen and oxygen atoms in total. The molecule has 1 unspecified atom stereocenters. The van der Waals surface area contributed by atoms with Crippen LogP contribution in [0.2, 0.25) is 0 Å². The van der Waals surface area contributed by atoms with Crippen molar-refractivity contribution in [1.82, 2.24) is 9.78 Å². The summed E-state index contributed by atoms with van der Waals surface area (Å²) in [6.45, 7) is 4.32. The van der Waals surface area contributed by atoms with Crippen molar-refractivity contribution in [3.8, 4) is 0 Å². The molecule has 0 bridgehead atoms. The first-order valence-corrected chi connectivity index (χ1v) is 6.15. The van der Waals surface area contributed by atoms with E-state index < -0.39 is 0 Å². The molecule has 2 rings (SSSR count). The Morgan fingerprint density at radius 1 is 1.59 bits per heavy atom. The van der Waals surface area contributed by atoms with E-state index >= 15 is 0 Å². The van der Waals surface area contributed by atoms with Crippen molar-refractivity contribution in [2.24, 2.45) is 12.9 Å². The van der Waals surface area contributed by atoms with E-state index in [0.29, 0.717) is 12.5 Å². The van der Waals surface area contributed by atoms with Gasteiger partial charge in [-0.3, -0.25) is 4.68 Å². The van der Waals surface area contributed by atoms with Crippen molar-refractivity contribution in [3.05, 3.63) is 17.5 Å². The minimum Gasteiger partial charge on any atom is -0.381 e. The molecule has 2 heterocycles. The Hall–Kier alpha value is -0.910. The summed E-state index contributed by atoms with van der Waals surface area (Å²) in [6, 6.07) is 0. The van der Waals surface area contributed by atoms with Crippen LogP contribution in [0.5, 0.6) is 0 Å². The van der Waals surface area contributed by atoms with E-state index in [2.05, 4.69) is 18.2 Å². The molecule has 17 heavy (non-hydrogen) atoms. The highest BCUT2D eigenvalue weighted by Gasteiger charge is 2.24. The van der Waals surface area contributed by atoms with Gasteiger partial charge in [-0.25, -0.2) is 5.90 Å². The average Bonchev–Trinajstić information content (AvgIpc) is 2.73. The van der Waals surface area contributed by atoms with Crippen molar-refractivity contribution >= 4 is 0 Å². The average molecular weight is 239 g/mol. The van der Waals surface area contributed by atoms with Gasteiger partial charge in [0, 0.05) is 38.3 Å². The zero-order chi connectivity index (χ0) is 12.3. The van der Waals surface area contributed by atoms with Crippen LogP contribution in [0.15, 0.2) is 6.20 Å². The van der Waals surface area contributed by atoms with Gasteiger partial charge in [0.15, 0.2) is 0 Å². The van der Waals surface area contributed by atoms with Gasteiger partial charge in [0.1, 0.15) is 0 Å². The van der Waals surface area contributed by atoms with E-state index in [1.807, 2.05) is 11.7 Å². The van der Waals surface area contributed by atoms with Crippen LogP contribution in [-0.4, -0.2) is 29.6 Å². The third kappa shape index (κ3) is 2.86. The van der Waals surface area contributed by atoms with E-state index in [1.165, 1.54) is 11.3 Å². The molecule has 2 N–H and O–H groups in total. The summed E-state index contributed by atoms with van der Waals surface area (Å²) in [5.74, 6) is 5.95. The summed E-state index contributed by atoms with van der Waals surface area (Å²) in [7, 11) is 1.96. The largest absolute Gasteiger partial charge is 0.381 e. The van der Waals surface area contributed by atoms with Crippen LogP contribution in [0.25, 0.3) is 0 Å². The zero-order valence-corrected chi connectivity index (χ0v) is 10.6. The van der Waals surface area contributed by atoms with Crippen LogP contribution in [0.4, 0.5) is 0 Å². The molecular formula is C12H21N3O2. The Bertz CT molecular complexity index is 359. The molecule has 1 aliphatic heterocycles. The first-order chi connectivity index (χ1) is 8.22. The van der Waals surface area contributed by atoms with Gasteiger partial charge >= 0.3 is 0 Å². The van der Waals surface area contributed by atoms with E-state index in [1.54, 1.807) is 0 Å². The summed E-state index contributed by atoms with van der Waals surface area (Å²) in [5, 5.41) is 4.60. The number of aryl methyl sites for hydroxylation is 1. The topological polar surface area (TPSA) is 62.3 Å². The molecule has 1 fully saturated rings. The van der Waals surface area contributed by atoms with Gasteiger partial charge < -0.3 is 9.57 Å². The minimum absolute atomic E-state index is 0.284. The van der Waals surface area contributed by atoms with Crippen molar-refractivity contribution in [2.75, 3.05) is 19.8 Å². The van der Waals surface area contributed by atoms with Crippen LogP contribution in [0.3, 0.4) is 0 Å². The van der Waals surface area contributed by atoms with Gasteiger partial charge in [-0.05, 0) is 18.4 Å². The normalized spacial score (nSPS) is 19.5. The molecule has 96 valence electrons. The summed E-state index contributed by atoms with van der Waals surface area (Å²) in [4.78, 5) is 4.75. The van der Waals surface area contributed by atoms with Crippen LogP contribution in [0.1, 0.15) is 42.9 Å². The number of nitrogens with zero attached hydrogens (tertiary/aromatic N) is 2. The second-order valence-corrected chi connectivity index (χ2v) is 4.76. The molecule has 1 atom stereocenters. The van der Waals surface area contributed by atoms with Crippen LogP contribution in [0, 0.1) is 0 Å². The van der Waals surface area contributed by atoms with Gasteiger partial charge in [0.25, 0.3) is 0 Å². The Balaban J connectivity index is 2.19. The Labute approximate surface area is 102 Å². The SMILES string of the molecule is CC(CON)c1cn(C)nc1C1CCOCC1. The summed E-state index contributed by atoms with van der Waals surface area (Å²) >= 11 is 0. The maximum absolute atomic E-state index is 5.40. The van der Waals surface area contributed by atoms with Gasteiger partial charge in [0.2, 0.25) is 0 Å². The second kappa shape index (κ2) is 5.62. The fraction of sp³-hybridized carbons (Fsp3) is 0.750. The van der Waals surface area contributed by atoms with Crippen LogP contribution >= 0.6 is 0 Å². The standard InChI is InChI=1S/C12H21N3O2/c1-9(8-17-13)11-7-15(2)14-12(11)10-3-5-16-6-4-10/h7,9-10H,3-6,8,13H2,1-2H3. The highest BCUT2D eigenvalue weighted by atomic mass is 16.6. The van der Waals surface area contributed by atoms with Gasteiger partial charge in [0.05, 0.1) is 12.3 Å². The lowest BCUT2D eigenvalue weighted by Crippen LogP contribution is -2.17. The first-order valence-electron chi connectivity index (χ1n) is 6.15. The van der Waals surface area contributed by atoms with E-state index in [0.717, 1.165) is 26.1 Å². The van der Waals surface area contributed by atoms with Crippen molar-refractivity contribution in [3.63, 3.8) is 0 Å². The molecule has 0 amide bonds. The van der Waals surface area contributed by atoms with Crippen LogP contribution in [-0.2, 0) is 16.6 Å². The summed E-state index contributed by atoms with van der Waals surface area (Å²) in [6.07, 6.45) is 4.19. The first kappa shape index (κ1) is 12.5. The lowest BCUT2D eigenvalue weighted by Gasteiger charge is -2.22. The third-order valence-electron chi connectivity index (χ3n) is 3.37. The highest BCUT2D eigenvalue weighted by Crippen LogP contribution is 2.31. The van der Waals surface area contributed by atoms with Crippen molar-refractivity contribution < 1.29 is 9.57 Å². The summed E-state index contributed by atoms with van der Waals surface area (Å²) in [5.41, 5.74) is 2.45. The maximum Gasteiger partial charge on any atom is 0.0746 e. The quantitative estimate of drug-likeness (QED) is 0.805. The minimum atomic E-state index is 0.284. The summed E-state index contributed by atoms with van der Waals surface area (Å²) < 4.78 is 7.28. The number of hydrogen-bond acceptors (Lipinski definition) is 4. The number of nitrogens with two attached hydrogens (primary N) is 1. The Morgan fingerprint density at radius 3 is 2.94 bits per heavy atom. The highest BCUT2D eigenvalue weighted by molar-refractivity contribution is 5.25. The fourth-order valence-electron chi connectivity index (χ4n) is 2.43. The fourth-order valence-corrected chi connectivity index (χ4v) is 2.43. The van der Waals surface area contributed by atoms with Gasteiger partial charge in [-0.1, -0.05) is 6.92 Å². The molecule has 0 radical (unpaired) electrons. The van der Waals surface area contributed by atoms with E-state index in [9.17, 15) is 0 Å². The molecular weight excluding hydrogens is 218 g/mol. The number of hydrogen-bond donors (Lipinski definition) is 1. The smallest absolute Gasteiger partial charge is 0.0746 e. The molecule has 1 aromatic rings. The van der Waals surface area contributed by atoms with Crippen molar-refractivity contribution in [2.45, 2.75) is 31.6 Å². The second-order valence-electron chi connectivity index (χ2n) is 4.76. The third-order valence-corrected chi connectivity index (χ3v) is 3.37.